The van der Waals surface area contributed by atoms with E-state index in [1.807, 2.05) is 7.05 Å². The van der Waals surface area contributed by atoms with E-state index in [1.165, 1.54) is 16.4 Å². The van der Waals surface area contributed by atoms with E-state index in [0.717, 1.165) is 25.9 Å². The Morgan fingerprint density at radius 2 is 1.90 bits per heavy atom. The predicted molar refractivity (Wildman–Crippen MR) is 86.1 cm³/mol. The lowest BCUT2D eigenvalue weighted by Gasteiger charge is -2.34. The molecule has 0 unspecified atom stereocenters. The third kappa shape index (κ3) is 3.34. The number of nitrogens with two attached hydrogens (primary N) is 1. The number of halogens is 1. The van der Waals surface area contributed by atoms with Gasteiger partial charge in [0, 0.05) is 23.8 Å². The van der Waals surface area contributed by atoms with E-state index >= 15 is 0 Å². The first-order valence-electron chi connectivity index (χ1n) is 6.95. The van der Waals surface area contributed by atoms with Crippen molar-refractivity contribution in [2.24, 2.45) is 0 Å². The van der Waals surface area contributed by atoms with Crippen molar-refractivity contribution in [3.05, 3.63) is 22.7 Å². The predicted octanol–water partition coefficient (Wildman–Crippen LogP) is 1.95. The molecule has 5 nitrogen and oxygen atoms in total. The van der Waals surface area contributed by atoms with Gasteiger partial charge in [0.1, 0.15) is 0 Å². The largest absolute Gasteiger partial charge is 0.398 e. The second-order valence-corrected chi connectivity index (χ2v) is 8.08. The van der Waals surface area contributed by atoms with Crippen LogP contribution in [0.15, 0.2) is 17.0 Å². The highest BCUT2D eigenvalue weighted by Crippen LogP contribution is 2.29. The second-order valence-electron chi connectivity index (χ2n) is 5.68. The first-order valence-corrected chi connectivity index (χ1v) is 8.77. The van der Waals surface area contributed by atoms with Crippen LogP contribution in [0.25, 0.3) is 0 Å². The number of hydrogen-bond donors (Lipinski definition) is 1. The summed E-state index contributed by atoms with van der Waals surface area (Å²) in [5, 5.41) is 0.380. The number of nitrogens with zero attached hydrogens (tertiary/aromatic N) is 2. The van der Waals surface area contributed by atoms with Crippen LogP contribution >= 0.6 is 11.6 Å². The summed E-state index contributed by atoms with van der Waals surface area (Å²) in [6.45, 7) is 3.58. The summed E-state index contributed by atoms with van der Waals surface area (Å²) in [6.07, 6.45) is 1.67. The molecule has 118 valence electrons. The number of benzene rings is 1. The summed E-state index contributed by atoms with van der Waals surface area (Å²) < 4.78 is 26.9. The van der Waals surface area contributed by atoms with E-state index in [1.54, 1.807) is 14.0 Å². The van der Waals surface area contributed by atoms with Crippen LogP contribution in [0.3, 0.4) is 0 Å². The lowest BCUT2D eigenvalue weighted by molar-refractivity contribution is 0.197. The molecule has 1 saturated heterocycles. The summed E-state index contributed by atoms with van der Waals surface area (Å²) in [5.74, 6) is 0. The first-order chi connectivity index (χ1) is 9.73. The van der Waals surface area contributed by atoms with Gasteiger partial charge in [-0.15, -0.1) is 0 Å². The SMILES string of the molecule is Cc1c(N)cc(S(=O)(=O)N(C)C2CCN(C)CC2)cc1Cl. The molecule has 7 heteroatoms. The van der Waals surface area contributed by atoms with Gasteiger partial charge in [0.05, 0.1) is 4.90 Å². The standard InChI is InChI=1S/C14H22ClN3O2S/c1-10-13(15)8-12(9-14(10)16)21(19,20)18(3)11-4-6-17(2)7-5-11/h8-9,11H,4-7,16H2,1-3H3. The second kappa shape index (κ2) is 6.12. The smallest absolute Gasteiger partial charge is 0.243 e. The summed E-state index contributed by atoms with van der Waals surface area (Å²) >= 11 is 6.07. The van der Waals surface area contributed by atoms with Gasteiger partial charge < -0.3 is 10.6 Å². The number of hydrogen-bond acceptors (Lipinski definition) is 4. The minimum absolute atomic E-state index is 0.0208. The molecule has 21 heavy (non-hydrogen) atoms. The van der Waals surface area contributed by atoms with Gasteiger partial charge >= 0.3 is 0 Å². The molecule has 1 aliphatic heterocycles. The Balaban J connectivity index is 2.29. The van der Waals surface area contributed by atoms with Crippen molar-refractivity contribution in [3.8, 4) is 0 Å². The number of nitrogen functional groups attached to an aromatic ring is 1. The third-order valence-electron chi connectivity index (χ3n) is 4.24. The quantitative estimate of drug-likeness (QED) is 0.860. The van der Waals surface area contributed by atoms with Crippen LogP contribution in [0.1, 0.15) is 18.4 Å². The highest BCUT2D eigenvalue weighted by atomic mass is 35.5. The van der Waals surface area contributed by atoms with E-state index < -0.39 is 10.0 Å². The van der Waals surface area contributed by atoms with E-state index in [-0.39, 0.29) is 10.9 Å². The zero-order valence-electron chi connectivity index (χ0n) is 12.6. The molecule has 2 rings (SSSR count). The monoisotopic (exact) mass is 331 g/mol. The van der Waals surface area contributed by atoms with E-state index in [2.05, 4.69) is 4.90 Å². The fraction of sp³-hybridized carbons (Fsp3) is 0.571. The average Bonchev–Trinajstić information content (AvgIpc) is 2.44. The van der Waals surface area contributed by atoms with Gasteiger partial charge in [-0.2, -0.15) is 4.31 Å². The summed E-state index contributed by atoms with van der Waals surface area (Å²) in [7, 11) is 0.114. The summed E-state index contributed by atoms with van der Waals surface area (Å²) in [4.78, 5) is 2.37. The van der Waals surface area contributed by atoms with Gasteiger partial charge in [0.2, 0.25) is 10.0 Å². The third-order valence-corrected chi connectivity index (χ3v) is 6.52. The van der Waals surface area contributed by atoms with Crippen LogP contribution in [-0.2, 0) is 10.0 Å². The molecule has 0 radical (unpaired) electrons. The molecule has 1 aliphatic rings. The van der Waals surface area contributed by atoms with Crippen LogP contribution < -0.4 is 5.73 Å². The molecule has 0 aliphatic carbocycles. The molecule has 1 fully saturated rings. The lowest BCUT2D eigenvalue weighted by atomic mass is 10.1. The van der Waals surface area contributed by atoms with Crippen LogP contribution in [0.5, 0.6) is 0 Å². The molecule has 0 amide bonds. The molecule has 0 saturated carbocycles. The summed E-state index contributed by atoms with van der Waals surface area (Å²) in [6, 6.07) is 2.99. The maximum atomic E-state index is 12.7. The lowest BCUT2D eigenvalue weighted by Crippen LogP contribution is -2.44. The van der Waals surface area contributed by atoms with Gasteiger partial charge in [0.25, 0.3) is 0 Å². The van der Waals surface area contributed by atoms with Crippen molar-refractivity contribution >= 4 is 27.3 Å². The van der Waals surface area contributed by atoms with Crippen molar-refractivity contribution in [3.63, 3.8) is 0 Å². The Labute approximate surface area is 131 Å². The van der Waals surface area contributed by atoms with Gasteiger partial charge in [0.15, 0.2) is 0 Å². The van der Waals surface area contributed by atoms with Gasteiger partial charge in [-0.25, -0.2) is 8.42 Å². The topological polar surface area (TPSA) is 66.6 Å². The molecule has 1 aromatic carbocycles. The number of rotatable bonds is 3. The zero-order chi connectivity index (χ0) is 15.8. The van der Waals surface area contributed by atoms with Crippen LogP contribution in [-0.4, -0.2) is 50.8 Å². The van der Waals surface area contributed by atoms with Crippen molar-refractivity contribution in [2.75, 3.05) is 32.9 Å². The number of sulfonamides is 1. The van der Waals surface area contributed by atoms with Crippen LogP contribution in [0.4, 0.5) is 5.69 Å². The summed E-state index contributed by atoms with van der Waals surface area (Å²) in [5.41, 5.74) is 6.95. The maximum Gasteiger partial charge on any atom is 0.243 e. The van der Waals surface area contributed by atoms with Crippen molar-refractivity contribution < 1.29 is 8.42 Å². The van der Waals surface area contributed by atoms with Crippen LogP contribution in [0, 0.1) is 6.92 Å². The molecule has 1 heterocycles. The fourth-order valence-corrected chi connectivity index (χ4v) is 4.31. The minimum atomic E-state index is -3.57. The molecule has 0 bridgehead atoms. The Morgan fingerprint density at radius 1 is 1.33 bits per heavy atom. The Kier molecular flexibility index (Phi) is 4.82. The Hall–Kier alpha value is -0.820. The Morgan fingerprint density at radius 3 is 2.43 bits per heavy atom. The normalized spacial score (nSPS) is 18.3. The molecule has 0 spiro atoms. The molecular formula is C14H22ClN3O2S. The van der Waals surface area contributed by atoms with E-state index in [0.29, 0.717) is 16.3 Å². The molecule has 0 atom stereocenters. The van der Waals surface area contributed by atoms with Gasteiger partial charge in [-0.3, -0.25) is 0 Å². The number of piperidine rings is 1. The molecule has 1 aromatic rings. The van der Waals surface area contributed by atoms with Gasteiger partial charge in [-0.05, 0) is 57.6 Å². The zero-order valence-corrected chi connectivity index (χ0v) is 14.2. The van der Waals surface area contributed by atoms with Crippen LogP contribution in [0.2, 0.25) is 5.02 Å². The van der Waals surface area contributed by atoms with Crippen molar-refractivity contribution in [1.82, 2.24) is 9.21 Å². The molecule has 0 aromatic heterocycles. The highest BCUT2D eigenvalue weighted by Gasteiger charge is 2.30. The first kappa shape index (κ1) is 16.5. The van der Waals surface area contributed by atoms with E-state index in [4.69, 9.17) is 17.3 Å². The number of likely N-dealkylation sites (tertiary alicyclic amines) is 1. The maximum absolute atomic E-state index is 12.7. The van der Waals surface area contributed by atoms with E-state index in [9.17, 15) is 8.42 Å². The van der Waals surface area contributed by atoms with Crippen molar-refractivity contribution in [1.29, 1.82) is 0 Å². The average molecular weight is 332 g/mol. The molecular weight excluding hydrogens is 310 g/mol. The highest BCUT2D eigenvalue weighted by molar-refractivity contribution is 7.89. The fourth-order valence-electron chi connectivity index (χ4n) is 2.54. The number of anilines is 1. The Bertz CT molecular complexity index is 602. The van der Waals surface area contributed by atoms with Crippen molar-refractivity contribution in [2.45, 2.75) is 30.7 Å². The minimum Gasteiger partial charge on any atom is -0.398 e. The molecule has 2 N–H and O–H groups in total. The van der Waals surface area contributed by atoms with Gasteiger partial charge in [-0.1, -0.05) is 11.6 Å².